The van der Waals surface area contributed by atoms with Crippen LogP contribution >= 0.6 is 0 Å². The summed E-state index contributed by atoms with van der Waals surface area (Å²) < 4.78 is 0. The summed E-state index contributed by atoms with van der Waals surface area (Å²) in [5.41, 5.74) is -2.15. The SMILES string of the molecule is C=CC(=O)C(C(=O)CCC)(C(=O)CCC)C(=O)CCC(C)C. The van der Waals surface area contributed by atoms with Crippen LogP contribution in [-0.2, 0) is 19.2 Å². The number of hydrogen-bond donors (Lipinski definition) is 0. The van der Waals surface area contributed by atoms with Gasteiger partial charge in [-0.05, 0) is 31.3 Å². The number of carbonyl (C=O) groups excluding carboxylic acids is 4. The Kier molecular flexibility index (Phi) is 8.76. The fraction of sp³-hybridized carbons (Fsp3) is 0.667. The first-order valence-electron chi connectivity index (χ1n) is 8.05. The van der Waals surface area contributed by atoms with Crippen LogP contribution in [0, 0.1) is 11.3 Å². The highest BCUT2D eigenvalue weighted by Gasteiger charge is 2.54. The van der Waals surface area contributed by atoms with Gasteiger partial charge in [0.2, 0.25) is 5.41 Å². The van der Waals surface area contributed by atoms with Crippen molar-refractivity contribution in [2.45, 2.75) is 66.2 Å². The van der Waals surface area contributed by atoms with E-state index in [1.807, 2.05) is 13.8 Å². The first kappa shape index (κ1) is 20.4. The third-order valence-electron chi connectivity index (χ3n) is 3.71. The van der Waals surface area contributed by atoms with Crippen LogP contribution in [0.4, 0.5) is 0 Å². The number of rotatable bonds is 12. The Morgan fingerprint density at radius 2 is 1.32 bits per heavy atom. The van der Waals surface area contributed by atoms with Gasteiger partial charge in [-0.2, -0.15) is 0 Å². The normalized spacial score (nSPS) is 11.3. The predicted octanol–water partition coefficient (Wildman–Crippen LogP) is 3.47. The highest BCUT2D eigenvalue weighted by molar-refractivity contribution is 6.40. The van der Waals surface area contributed by atoms with Crippen molar-refractivity contribution >= 4 is 23.1 Å². The van der Waals surface area contributed by atoms with Crippen LogP contribution in [0.15, 0.2) is 12.7 Å². The number of hydrogen-bond acceptors (Lipinski definition) is 4. The van der Waals surface area contributed by atoms with Crippen LogP contribution in [0.3, 0.4) is 0 Å². The Bertz CT molecular complexity index is 428. The Hall–Kier alpha value is -1.58. The summed E-state index contributed by atoms with van der Waals surface area (Å²) in [5, 5.41) is 0. The predicted molar refractivity (Wildman–Crippen MR) is 86.5 cm³/mol. The van der Waals surface area contributed by atoms with Crippen molar-refractivity contribution in [2.24, 2.45) is 11.3 Å². The Morgan fingerprint density at radius 1 is 0.909 bits per heavy atom. The third kappa shape index (κ3) is 4.46. The number of allylic oxidation sites excluding steroid dienone is 1. The molecule has 0 fully saturated rings. The monoisotopic (exact) mass is 308 g/mol. The summed E-state index contributed by atoms with van der Waals surface area (Å²) in [6.45, 7) is 10.8. The van der Waals surface area contributed by atoms with Gasteiger partial charge in [-0.3, -0.25) is 19.2 Å². The molecule has 0 heterocycles. The first-order chi connectivity index (χ1) is 10.3. The van der Waals surface area contributed by atoms with Crippen LogP contribution in [-0.4, -0.2) is 23.1 Å². The van der Waals surface area contributed by atoms with Gasteiger partial charge in [0.05, 0.1) is 0 Å². The molecular weight excluding hydrogens is 280 g/mol. The number of ketones is 4. The highest BCUT2D eigenvalue weighted by atomic mass is 16.2. The Balaban J connectivity index is 5.89. The van der Waals surface area contributed by atoms with E-state index in [0.29, 0.717) is 19.3 Å². The molecule has 0 unspecified atom stereocenters. The first-order valence-corrected chi connectivity index (χ1v) is 8.05. The lowest BCUT2D eigenvalue weighted by Gasteiger charge is -2.27. The molecule has 0 radical (unpaired) electrons. The van der Waals surface area contributed by atoms with Crippen LogP contribution in [0.25, 0.3) is 0 Å². The molecule has 0 N–H and O–H groups in total. The van der Waals surface area contributed by atoms with Crippen LogP contribution in [0.1, 0.15) is 66.2 Å². The topological polar surface area (TPSA) is 68.3 Å². The van der Waals surface area contributed by atoms with Crippen molar-refractivity contribution in [3.05, 3.63) is 12.7 Å². The Labute approximate surface area is 133 Å². The van der Waals surface area contributed by atoms with Crippen LogP contribution in [0.5, 0.6) is 0 Å². The van der Waals surface area contributed by atoms with E-state index in [4.69, 9.17) is 0 Å². The van der Waals surface area contributed by atoms with Gasteiger partial charge in [-0.25, -0.2) is 0 Å². The van der Waals surface area contributed by atoms with Gasteiger partial charge in [-0.15, -0.1) is 0 Å². The van der Waals surface area contributed by atoms with E-state index in [0.717, 1.165) is 6.08 Å². The number of Topliss-reactive ketones (excluding diaryl/α,β-unsaturated/α-hetero) is 3. The van der Waals surface area contributed by atoms with E-state index >= 15 is 0 Å². The second kappa shape index (κ2) is 9.44. The molecule has 0 rings (SSSR count). The molecule has 0 aliphatic rings. The van der Waals surface area contributed by atoms with Gasteiger partial charge in [0, 0.05) is 19.3 Å². The second-order valence-corrected chi connectivity index (χ2v) is 6.02. The zero-order chi connectivity index (χ0) is 17.3. The van der Waals surface area contributed by atoms with Crippen molar-refractivity contribution in [3.8, 4) is 0 Å². The standard InChI is InChI=1S/C18H28O4/c1-6-9-15(20)18(14(19)8-3,16(21)10-7-2)17(22)12-11-13(4)5/h8,13H,3,6-7,9-12H2,1-2,4-5H3. The van der Waals surface area contributed by atoms with E-state index in [2.05, 4.69) is 6.58 Å². The second-order valence-electron chi connectivity index (χ2n) is 6.02. The maximum absolute atomic E-state index is 12.7. The van der Waals surface area contributed by atoms with Crippen LogP contribution in [0.2, 0.25) is 0 Å². The quantitative estimate of drug-likeness (QED) is 0.409. The lowest BCUT2D eigenvalue weighted by molar-refractivity contribution is -0.153. The van der Waals surface area contributed by atoms with E-state index < -0.39 is 28.5 Å². The third-order valence-corrected chi connectivity index (χ3v) is 3.71. The summed E-state index contributed by atoms with van der Waals surface area (Å²) in [5.74, 6) is -2.23. The maximum atomic E-state index is 12.7. The summed E-state index contributed by atoms with van der Waals surface area (Å²) >= 11 is 0. The average molecular weight is 308 g/mol. The summed E-state index contributed by atoms with van der Waals surface area (Å²) in [6.07, 6.45) is 2.61. The van der Waals surface area contributed by atoms with Gasteiger partial charge in [0.25, 0.3) is 0 Å². The van der Waals surface area contributed by atoms with E-state index in [-0.39, 0.29) is 25.2 Å². The van der Waals surface area contributed by atoms with E-state index in [9.17, 15) is 19.2 Å². The summed E-state index contributed by atoms with van der Waals surface area (Å²) in [6, 6.07) is 0. The molecule has 0 aromatic rings. The summed E-state index contributed by atoms with van der Waals surface area (Å²) in [4.78, 5) is 50.2. The average Bonchev–Trinajstić information content (AvgIpc) is 2.46. The van der Waals surface area contributed by atoms with E-state index in [1.165, 1.54) is 0 Å². The van der Waals surface area contributed by atoms with Crippen molar-refractivity contribution < 1.29 is 19.2 Å². The van der Waals surface area contributed by atoms with Gasteiger partial charge >= 0.3 is 0 Å². The molecule has 4 heteroatoms. The molecule has 22 heavy (non-hydrogen) atoms. The molecule has 0 amide bonds. The van der Waals surface area contributed by atoms with Crippen molar-refractivity contribution in [3.63, 3.8) is 0 Å². The zero-order valence-corrected chi connectivity index (χ0v) is 14.2. The van der Waals surface area contributed by atoms with Gasteiger partial charge in [0.15, 0.2) is 23.1 Å². The smallest absolute Gasteiger partial charge is 0.207 e. The maximum Gasteiger partial charge on any atom is 0.207 e. The van der Waals surface area contributed by atoms with Gasteiger partial charge in [-0.1, -0.05) is 34.3 Å². The minimum Gasteiger partial charge on any atom is -0.298 e. The molecule has 0 saturated carbocycles. The van der Waals surface area contributed by atoms with E-state index in [1.54, 1.807) is 13.8 Å². The highest BCUT2D eigenvalue weighted by Crippen LogP contribution is 2.31. The lowest BCUT2D eigenvalue weighted by atomic mass is 9.68. The van der Waals surface area contributed by atoms with Crippen molar-refractivity contribution in [1.29, 1.82) is 0 Å². The minimum atomic E-state index is -2.15. The lowest BCUT2D eigenvalue weighted by Crippen LogP contribution is -2.52. The molecule has 0 spiro atoms. The molecular formula is C18H28O4. The van der Waals surface area contributed by atoms with Crippen LogP contribution < -0.4 is 0 Å². The van der Waals surface area contributed by atoms with Crippen molar-refractivity contribution in [2.75, 3.05) is 0 Å². The molecule has 4 nitrogen and oxygen atoms in total. The Morgan fingerprint density at radius 3 is 1.64 bits per heavy atom. The fourth-order valence-corrected chi connectivity index (χ4v) is 2.47. The molecule has 0 aliphatic heterocycles. The molecule has 124 valence electrons. The summed E-state index contributed by atoms with van der Waals surface area (Å²) in [7, 11) is 0. The molecule has 0 aromatic carbocycles. The van der Waals surface area contributed by atoms with Gasteiger partial charge in [0.1, 0.15) is 0 Å². The molecule has 0 bridgehead atoms. The molecule has 0 aromatic heterocycles. The zero-order valence-electron chi connectivity index (χ0n) is 14.2. The van der Waals surface area contributed by atoms with Gasteiger partial charge < -0.3 is 0 Å². The molecule has 0 saturated heterocycles. The molecule has 0 atom stereocenters. The minimum absolute atomic E-state index is 0.0441. The number of carbonyl (C=O) groups is 4. The van der Waals surface area contributed by atoms with Crippen molar-refractivity contribution in [1.82, 2.24) is 0 Å². The largest absolute Gasteiger partial charge is 0.298 e. The molecule has 0 aliphatic carbocycles. The fourth-order valence-electron chi connectivity index (χ4n) is 2.47.